The van der Waals surface area contributed by atoms with Crippen molar-refractivity contribution in [1.82, 2.24) is 9.55 Å². The molecule has 25 heavy (non-hydrogen) atoms. The van der Waals surface area contributed by atoms with Crippen molar-refractivity contribution in [2.45, 2.75) is 13.0 Å². The molecule has 2 aromatic carbocycles. The van der Waals surface area contributed by atoms with Gasteiger partial charge in [-0.2, -0.15) is 0 Å². The van der Waals surface area contributed by atoms with Gasteiger partial charge in [0.2, 0.25) is 5.95 Å². The van der Waals surface area contributed by atoms with Crippen LogP contribution >= 0.6 is 11.3 Å². The van der Waals surface area contributed by atoms with Gasteiger partial charge in [0.25, 0.3) is 11.5 Å². The maximum Gasteiger partial charge on any atom is 0.273 e. The zero-order chi connectivity index (χ0) is 17.1. The lowest BCUT2D eigenvalue weighted by Gasteiger charge is -2.15. The third kappa shape index (κ3) is 1.85. The van der Waals surface area contributed by atoms with Gasteiger partial charge in [0.1, 0.15) is 10.7 Å². The van der Waals surface area contributed by atoms with Crippen molar-refractivity contribution < 1.29 is 4.79 Å². The number of rotatable bonds is 1. The molecule has 0 unspecified atom stereocenters. The molecular formula is C19H13N3O2S. The Kier molecular flexibility index (Phi) is 2.87. The van der Waals surface area contributed by atoms with Gasteiger partial charge in [-0.15, -0.1) is 11.3 Å². The van der Waals surface area contributed by atoms with Crippen LogP contribution in [0.25, 0.3) is 20.3 Å². The second-order valence-electron chi connectivity index (χ2n) is 6.05. The molecule has 1 aliphatic heterocycles. The predicted octanol–water partition coefficient (Wildman–Crippen LogP) is 3.85. The first-order valence-corrected chi connectivity index (χ1v) is 8.81. The van der Waals surface area contributed by atoms with E-state index in [2.05, 4.69) is 0 Å². The molecule has 4 aromatic rings. The van der Waals surface area contributed by atoms with Crippen LogP contribution in [0.2, 0.25) is 0 Å². The van der Waals surface area contributed by atoms with E-state index in [1.165, 1.54) is 20.8 Å². The summed E-state index contributed by atoms with van der Waals surface area (Å²) in [5.74, 6) is 0.252. The van der Waals surface area contributed by atoms with Crippen LogP contribution in [0.4, 0.5) is 11.6 Å². The van der Waals surface area contributed by atoms with E-state index in [9.17, 15) is 9.59 Å². The quantitative estimate of drug-likeness (QED) is 0.525. The van der Waals surface area contributed by atoms with E-state index in [-0.39, 0.29) is 11.5 Å². The van der Waals surface area contributed by atoms with E-state index >= 15 is 0 Å². The second-order valence-corrected chi connectivity index (χ2v) is 7.10. The number of para-hydroxylation sites is 1. The Balaban J connectivity index is 1.89. The highest BCUT2D eigenvalue weighted by molar-refractivity contribution is 7.25. The summed E-state index contributed by atoms with van der Waals surface area (Å²) in [4.78, 5) is 32.2. The second kappa shape index (κ2) is 5.00. The monoisotopic (exact) mass is 347 g/mol. The third-order valence-electron chi connectivity index (χ3n) is 4.59. The van der Waals surface area contributed by atoms with Gasteiger partial charge < -0.3 is 0 Å². The van der Waals surface area contributed by atoms with Crippen molar-refractivity contribution in [3.8, 4) is 0 Å². The minimum atomic E-state index is -0.565. The molecule has 122 valence electrons. The van der Waals surface area contributed by atoms with Crippen molar-refractivity contribution in [2.24, 2.45) is 0 Å². The van der Waals surface area contributed by atoms with Crippen molar-refractivity contribution in [2.75, 3.05) is 4.90 Å². The fourth-order valence-corrected chi connectivity index (χ4v) is 4.44. The van der Waals surface area contributed by atoms with Crippen LogP contribution in [-0.4, -0.2) is 15.5 Å². The van der Waals surface area contributed by atoms with Crippen molar-refractivity contribution in [3.05, 3.63) is 65.0 Å². The number of carbonyl (C=O) groups is 1. The fraction of sp³-hybridized carbons (Fsp3) is 0.105. The van der Waals surface area contributed by atoms with E-state index in [0.717, 1.165) is 15.8 Å². The maximum atomic E-state index is 13.1. The molecule has 0 saturated heterocycles. The number of carbonyl (C=O) groups excluding carboxylic acids is 1. The number of thiophene rings is 1. The Morgan fingerprint density at radius 2 is 1.72 bits per heavy atom. The molecule has 1 aliphatic rings. The smallest absolute Gasteiger partial charge is 0.272 e. The third-order valence-corrected chi connectivity index (χ3v) is 5.74. The molecule has 0 aliphatic carbocycles. The van der Waals surface area contributed by atoms with Gasteiger partial charge >= 0.3 is 0 Å². The lowest BCUT2D eigenvalue weighted by molar-refractivity contribution is -0.119. The van der Waals surface area contributed by atoms with Crippen molar-refractivity contribution in [1.29, 1.82) is 0 Å². The number of nitrogens with zero attached hydrogens (tertiary/aromatic N) is 3. The van der Waals surface area contributed by atoms with Crippen LogP contribution in [0.1, 0.15) is 13.0 Å². The molecule has 3 heterocycles. The summed E-state index contributed by atoms with van der Waals surface area (Å²) in [7, 11) is 0. The van der Waals surface area contributed by atoms with Gasteiger partial charge in [-0.05, 0) is 25.1 Å². The van der Waals surface area contributed by atoms with Crippen LogP contribution in [0.3, 0.4) is 0 Å². The van der Waals surface area contributed by atoms with Gasteiger partial charge in [-0.1, -0.05) is 36.4 Å². The van der Waals surface area contributed by atoms with Gasteiger partial charge in [-0.25, -0.2) is 9.88 Å². The van der Waals surface area contributed by atoms with Crippen LogP contribution in [0, 0.1) is 0 Å². The Bertz CT molecular complexity index is 1210. The highest BCUT2D eigenvalue weighted by Gasteiger charge is 2.38. The Morgan fingerprint density at radius 1 is 1.00 bits per heavy atom. The average Bonchev–Trinajstić information content (AvgIpc) is 3.13. The molecule has 0 N–H and O–H groups in total. The molecule has 2 aromatic heterocycles. The molecule has 1 amide bonds. The normalized spacial score (nSPS) is 16.8. The molecule has 1 atom stereocenters. The first kappa shape index (κ1) is 14.4. The van der Waals surface area contributed by atoms with Gasteiger partial charge in [0.15, 0.2) is 0 Å². The van der Waals surface area contributed by atoms with Crippen molar-refractivity contribution in [3.63, 3.8) is 0 Å². The molecular weight excluding hydrogens is 334 g/mol. The molecule has 0 saturated carbocycles. The average molecular weight is 347 g/mol. The first-order chi connectivity index (χ1) is 12.2. The number of amides is 1. The number of aromatic nitrogens is 2. The number of fused-ring (bicyclic) bond motifs is 4. The molecule has 0 bridgehead atoms. The van der Waals surface area contributed by atoms with Gasteiger partial charge in [-0.3, -0.25) is 14.2 Å². The van der Waals surface area contributed by atoms with E-state index < -0.39 is 6.04 Å². The maximum absolute atomic E-state index is 13.1. The summed E-state index contributed by atoms with van der Waals surface area (Å²) in [5.41, 5.74) is 1.23. The zero-order valence-electron chi connectivity index (χ0n) is 13.3. The largest absolute Gasteiger partial charge is 0.273 e. The van der Waals surface area contributed by atoms with Gasteiger partial charge in [0.05, 0.1) is 11.2 Å². The Labute approximate surface area is 146 Å². The van der Waals surface area contributed by atoms with Crippen LogP contribution < -0.4 is 10.5 Å². The number of benzene rings is 2. The summed E-state index contributed by atoms with van der Waals surface area (Å²) in [6.45, 7) is 1.75. The lowest BCUT2D eigenvalue weighted by Crippen LogP contribution is -2.24. The number of hydrogen-bond donors (Lipinski definition) is 0. The minimum absolute atomic E-state index is 0.141. The van der Waals surface area contributed by atoms with E-state index in [1.807, 2.05) is 54.6 Å². The number of hydrogen-bond acceptors (Lipinski definition) is 4. The molecule has 0 radical (unpaired) electrons. The first-order valence-electron chi connectivity index (χ1n) is 7.99. The topological polar surface area (TPSA) is 55.2 Å². The summed E-state index contributed by atoms with van der Waals surface area (Å²) >= 11 is 1.43. The summed E-state index contributed by atoms with van der Waals surface area (Å²) < 4.78 is 3.13. The highest BCUT2D eigenvalue weighted by atomic mass is 32.1. The predicted molar refractivity (Wildman–Crippen MR) is 99.7 cm³/mol. The Hall–Kier alpha value is -2.99. The molecule has 5 nitrogen and oxygen atoms in total. The molecule has 0 spiro atoms. The standard InChI is InChI=1S/C19H13N3O2S/c1-11-17(23)22(12-7-3-2-4-8-12)19-20-15-13-9-5-6-10-14(13)25-16(15)18(24)21(11)19/h2-11H,1H3/t11-/m1/s1. The molecule has 5 rings (SSSR count). The minimum Gasteiger partial charge on any atom is -0.272 e. The zero-order valence-corrected chi connectivity index (χ0v) is 14.2. The van der Waals surface area contributed by atoms with E-state index in [0.29, 0.717) is 16.2 Å². The van der Waals surface area contributed by atoms with Crippen LogP contribution in [0.15, 0.2) is 59.4 Å². The van der Waals surface area contributed by atoms with Crippen molar-refractivity contribution >= 4 is 49.2 Å². The summed E-state index contributed by atoms with van der Waals surface area (Å²) in [5, 5.41) is 0.947. The summed E-state index contributed by atoms with van der Waals surface area (Å²) in [6, 6.07) is 16.6. The van der Waals surface area contributed by atoms with Crippen LogP contribution in [-0.2, 0) is 4.79 Å². The highest BCUT2D eigenvalue weighted by Crippen LogP contribution is 2.37. The lowest BCUT2D eigenvalue weighted by atomic mass is 10.2. The summed E-state index contributed by atoms with van der Waals surface area (Å²) in [6.07, 6.45) is 0. The number of anilines is 2. The fourth-order valence-electron chi connectivity index (χ4n) is 3.36. The SMILES string of the molecule is C[C@@H]1C(=O)N(c2ccccc2)c2nc3c(sc4ccccc43)c(=O)n21. The van der Waals surface area contributed by atoms with E-state index in [4.69, 9.17) is 4.98 Å². The van der Waals surface area contributed by atoms with E-state index in [1.54, 1.807) is 6.92 Å². The molecule has 0 fully saturated rings. The molecule has 6 heteroatoms. The van der Waals surface area contributed by atoms with Crippen LogP contribution in [0.5, 0.6) is 0 Å². The Morgan fingerprint density at radius 3 is 2.52 bits per heavy atom. The van der Waals surface area contributed by atoms with Gasteiger partial charge in [0, 0.05) is 10.1 Å².